The van der Waals surface area contributed by atoms with Crippen LogP contribution in [0.5, 0.6) is 0 Å². The Morgan fingerprint density at radius 2 is 2.08 bits per heavy atom. The van der Waals surface area contributed by atoms with Crippen molar-refractivity contribution in [2.45, 2.75) is 57.6 Å². The van der Waals surface area contributed by atoms with Crippen molar-refractivity contribution < 1.29 is 9.53 Å². The normalized spacial score (nSPS) is 19.8. The largest absolute Gasteiger partial charge is 0.378 e. The maximum Gasteiger partial charge on any atom is 0.271 e. The molecule has 2 aliphatic heterocycles. The summed E-state index contributed by atoms with van der Waals surface area (Å²) >= 11 is 0. The van der Waals surface area contributed by atoms with Crippen LogP contribution in [0.3, 0.4) is 0 Å². The van der Waals surface area contributed by atoms with E-state index in [-0.39, 0.29) is 5.91 Å². The Kier molecular flexibility index (Phi) is 5.34. The zero-order valence-electron chi connectivity index (χ0n) is 15.2. The molecule has 1 N–H and O–H groups in total. The molecule has 0 saturated carbocycles. The second kappa shape index (κ2) is 8.04. The van der Waals surface area contributed by atoms with E-state index in [9.17, 15) is 4.79 Å². The molecule has 3 heterocycles. The van der Waals surface area contributed by atoms with Crippen molar-refractivity contribution in [3.8, 4) is 11.4 Å². The first-order valence-corrected chi connectivity index (χ1v) is 9.87. The third-order valence-corrected chi connectivity index (χ3v) is 5.39. The number of hydrogen-bond donors (Lipinski definition) is 1. The molecule has 1 fully saturated rings. The number of amides is 1. The molecule has 2 aliphatic rings. The lowest BCUT2D eigenvalue weighted by atomic mass is 10.1. The summed E-state index contributed by atoms with van der Waals surface area (Å²) in [7, 11) is 0. The van der Waals surface area contributed by atoms with Gasteiger partial charge in [-0.3, -0.25) is 4.79 Å². The van der Waals surface area contributed by atoms with Crippen LogP contribution in [0.4, 0.5) is 0 Å². The SMILES string of the molecule is O=C(NCC[C@@H]1CCCO1)c1nc(-c2ccccc2)n2c1CCCCC2. The third kappa shape index (κ3) is 3.68. The fraction of sp³-hybridized carbons (Fsp3) is 0.524. The van der Waals surface area contributed by atoms with E-state index in [2.05, 4.69) is 22.0 Å². The Hall–Kier alpha value is -2.14. The molecule has 1 atom stereocenters. The molecule has 0 spiro atoms. The lowest BCUT2D eigenvalue weighted by molar-refractivity contribution is 0.0902. The van der Waals surface area contributed by atoms with Crippen LogP contribution < -0.4 is 5.32 Å². The van der Waals surface area contributed by atoms with Gasteiger partial charge in [0, 0.05) is 25.3 Å². The number of imidazole rings is 1. The summed E-state index contributed by atoms with van der Waals surface area (Å²) in [6.07, 6.45) is 7.81. The summed E-state index contributed by atoms with van der Waals surface area (Å²) in [6, 6.07) is 10.2. The molecule has 5 heteroatoms. The highest BCUT2D eigenvalue weighted by molar-refractivity contribution is 5.94. The molecule has 1 amide bonds. The first-order valence-electron chi connectivity index (χ1n) is 9.87. The average molecular weight is 353 g/mol. The topological polar surface area (TPSA) is 56.1 Å². The fourth-order valence-electron chi connectivity index (χ4n) is 4.01. The number of carbonyl (C=O) groups is 1. The first-order chi connectivity index (χ1) is 12.8. The summed E-state index contributed by atoms with van der Waals surface area (Å²) in [4.78, 5) is 17.6. The predicted octanol–water partition coefficient (Wildman–Crippen LogP) is 3.58. The molecular weight excluding hydrogens is 326 g/mol. The maximum absolute atomic E-state index is 12.8. The number of aromatic nitrogens is 2. The minimum atomic E-state index is -0.0455. The van der Waals surface area contributed by atoms with Crippen LogP contribution in [0.15, 0.2) is 30.3 Å². The Morgan fingerprint density at radius 3 is 2.88 bits per heavy atom. The van der Waals surface area contributed by atoms with Gasteiger partial charge < -0.3 is 14.6 Å². The van der Waals surface area contributed by atoms with E-state index in [1.54, 1.807) is 0 Å². The number of benzene rings is 1. The summed E-state index contributed by atoms with van der Waals surface area (Å²) < 4.78 is 7.90. The average Bonchev–Trinajstić information content (AvgIpc) is 3.24. The number of hydrogen-bond acceptors (Lipinski definition) is 3. The van der Waals surface area contributed by atoms with E-state index in [1.165, 1.54) is 6.42 Å². The van der Waals surface area contributed by atoms with Gasteiger partial charge in [-0.25, -0.2) is 4.98 Å². The van der Waals surface area contributed by atoms with Crippen molar-refractivity contribution >= 4 is 5.91 Å². The molecule has 1 aromatic carbocycles. The second-order valence-corrected chi connectivity index (χ2v) is 7.24. The highest BCUT2D eigenvalue weighted by atomic mass is 16.5. The van der Waals surface area contributed by atoms with Crippen molar-refractivity contribution in [2.24, 2.45) is 0 Å². The van der Waals surface area contributed by atoms with Gasteiger partial charge in [-0.15, -0.1) is 0 Å². The summed E-state index contributed by atoms with van der Waals surface area (Å²) in [6.45, 7) is 2.44. The van der Waals surface area contributed by atoms with E-state index in [0.29, 0.717) is 18.3 Å². The Labute approximate surface area is 154 Å². The van der Waals surface area contributed by atoms with Crippen LogP contribution in [0.25, 0.3) is 11.4 Å². The van der Waals surface area contributed by atoms with E-state index in [0.717, 1.165) is 68.8 Å². The van der Waals surface area contributed by atoms with Crippen LogP contribution in [0.2, 0.25) is 0 Å². The molecule has 4 rings (SSSR count). The second-order valence-electron chi connectivity index (χ2n) is 7.24. The van der Waals surface area contributed by atoms with Gasteiger partial charge in [0.15, 0.2) is 0 Å². The lowest BCUT2D eigenvalue weighted by Crippen LogP contribution is -2.28. The third-order valence-electron chi connectivity index (χ3n) is 5.39. The summed E-state index contributed by atoms with van der Waals surface area (Å²) in [5.41, 5.74) is 2.78. The minimum Gasteiger partial charge on any atom is -0.378 e. The van der Waals surface area contributed by atoms with Crippen molar-refractivity contribution in [2.75, 3.05) is 13.2 Å². The Balaban J connectivity index is 1.54. The van der Waals surface area contributed by atoms with Gasteiger partial charge in [-0.2, -0.15) is 0 Å². The van der Waals surface area contributed by atoms with Crippen molar-refractivity contribution in [3.63, 3.8) is 0 Å². The molecule has 0 bridgehead atoms. The molecule has 5 nitrogen and oxygen atoms in total. The quantitative estimate of drug-likeness (QED) is 0.894. The van der Waals surface area contributed by atoms with Crippen LogP contribution in [-0.2, 0) is 17.7 Å². The predicted molar refractivity (Wildman–Crippen MR) is 101 cm³/mol. The minimum absolute atomic E-state index is 0.0455. The molecular formula is C21H27N3O2. The highest BCUT2D eigenvalue weighted by Crippen LogP contribution is 2.27. The zero-order chi connectivity index (χ0) is 17.8. The molecule has 138 valence electrons. The number of nitrogens with one attached hydrogen (secondary N) is 1. The van der Waals surface area contributed by atoms with Gasteiger partial charge in [0.1, 0.15) is 11.5 Å². The standard InChI is InChI=1S/C21H27N3O2/c25-21(22-13-12-17-10-7-15-26-17)19-18-11-5-2-6-14-24(18)20(23-19)16-8-3-1-4-9-16/h1,3-4,8-9,17H,2,5-7,10-15H2,(H,22,25)/t17-/m0/s1. The van der Waals surface area contributed by atoms with Gasteiger partial charge in [0.2, 0.25) is 0 Å². The van der Waals surface area contributed by atoms with E-state index in [1.807, 2.05) is 18.2 Å². The number of rotatable bonds is 5. The van der Waals surface area contributed by atoms with E-state index >= 15 is 0 Å². The molecule has 0 aliphatic carbocycles. The van der Waals surface area contributed by atoms with Crippen LogP contribution in [0, 0.1) is 0 Å². The van der Waals surface area contributed by atoms with Crippen LogP contribution in [-0.4, -0.2) is 34.7 Å². The zero-order valence-corrected chi connectivity index (χ0v) is 15.2. The van der Waals surface area contributed by atoms with Crippen molar-refractivity contribution in [3.05, 3.63) is 41.7 Å². The van der Waals surface area contributed by atoms with E-state index in [4.69, 9.17) is 9.72 Å². The van der Waals surface area contributed by atoms with E-state index < -0.39 is 0 Å². The molecule has 26 heavy (non-hydrogen) atoms. The highest BCUT2D eigenvalue weighted by Gasteiger charge is 2.24. The Bertz CT molecular complexity index is 748. The molecule has 0 unspecified atom stereocenters. The molecule has 0 radical (unpaired) electrons. The van der Waals surface area contributed by atoms with Crippen LogP contribution >= 0.6 is 0 Å². The molecule has 2 aromatic rings. The number of carbonyl (C=O) groups excluding carboxylic acids is 1. The van der Waals surface area contributed by atoms with Gasteiger partial charge >= 0.3 is 0 Å². The van der Waals surface area contributed by atoms with Gasteiger partial charge in [-0.05, 0) is 38.5 Å². The van der Waals surface area contributed by atoms with Crippen molar-refractivity contribution in [1.29, 1.82) is 0 Å². The number of nitrogens with zero attached hydrogens (tertiary/aromatic N) is 2. The molecule has 1 aromatic heterocycles. The van der Waals surface area contributed by atoms with Gasteiger partial charge in [0.05, 0.1) is 11.8 Å². The molecule has 1 saturated heterocycles. The van der Waals surface area contributed by atoms with Crippen LogP contribution in [0.1, 0.15) is 54.7 Å². The summed E-state index contributed by atoms with van der Waals surface area (Å²) in [5.74, 6) is 0.877. The monoisotopic (exact) mass is 353 g/mol. The lowest BCUT2D eigenvalue weighted by Gasteiger charge is -2.10. The smallest absolute Gasteiger partial charge is 0.271 e. The Morgan fingerprint density at radius 1 is 1.19 bits per heavy atom. The first kappa shape index (κ1) is 17.3. The van der Waals surface area contributed by atoms with Gasteiger partial charge in [0.25, 0.3) is 5.91 Å². The summed E-state index contributed by atoms with van der Waals surface area (Å²) in [5, 5.41) is 3.07. The van der Waals surface area contributed by atoms with Gasteiger partial charge in [-0.1, -0.05) is 36.8 Å². The van der Waals surface area contributed by atoms with Crippen molar-refractivity contribution in [1.82, 2.24) is 14.9 Å². The fourth-order valence-corrected chi connectivity index (χ4v) is 4.01. The maximum atomic E-state index is 12.8. The number of ether oxygens (including phenoxy) is 1. The number of fused-ring (bicyclic) bond motifs is 1.